The van der Waals surface area contributed by atoms with Crippen molar-refractivity contribution < 1.29 is 14.3 Å². The smallest absolute Gasteiger partial charge is 0.225 e. The van der Waals surface area contributed by atoms with Gasteiger partial charge in [-0.05, 0) is 30.5 Å². The van der Waals surface area contributed by atoms with Gasteiger partial charge in [0.15, 0.2) is 0 Å². The fourth-order valence-corrected chi connectivity index (χ4v) is 3.44. The number of nitrogens with zero attached hydrogens (tertiary/aromatic N) is 1. The second-order valence-corrected chi connectivity index (χ2v) is 6.51. The van der Waals surface area contributed by atoms with Crippen LogP contribution in [-0.2, 0) is 16.1 Å². The number of ether oxygens (including phenoxy) is 1. The maximum Gasteiger partial charge on any atom is 0.225 e. The van der Waals surface area contributed by atoms with E-state index in [-0.39, 0.29) is 17.7 Å². The van der Waals surface area contributed by atoms with Crippen LogP contribution in [0, 0.1) is 5.92 Å². The Kier molecular flexibility index (Phi) is 4.84. The van der Waals surface area contributed by atoms with E-state index in [1.54, 1.807) is 12.0 Å². The molecule has 2 aliphatic rings. The first-order valence-electron chi connectivity index (χ1n) is 8.37. The number of nitrogens with one attached hydrogen (secondary N) is 1. The highest BCUT2D eigenvalue weighted by atomic mass is 16.5. The average molecular weight is 316 g/mol. The molecule has 0 spiro atoms. The largest absolute Gasteiger partial charge is 0.497 e. The van der Waals surface area contributed by atoms with Crippen molar-refractivity contribution in [3.05, 3.63) is 29.8 Å². The molecule has 0 aromatic heterocycles. The first-order valence-corrected chi connectivity index (χ1v) is 8.37. The summed E-state index contributed by atoms with van der Waals surface area (Å²) in [5.41, 5.74) is 1.05. The highest BCUT2D eigenvalue weighted by Gasteiger charge is 2.35. The minimum Gasteiger partial charge on any atom is -0.497 e. The van der Waals surface area contributed by atoms with Crippen molar-refractivity contribution >= 4 is 11.8 Å². The summed E-state index contributed by atoms with van der Waals surface area (Å²) in [5, 5.41) is 3.11. The van der Waals surface area contributed by atoms with Gasteiger partial charge in [0.05, 0.1) is 13.0 Å². The topological polar surface area (TPSA) is 58.6 Å². The molecule has 0 radical (unpaired) electrons. The van der Waals surface area contributed by atoms with E-state index in [2.05, 4.69) is 5.32 Å². The Morgan fingerprint density at radius 3 is 2.61 bits per heavy atom. The lowest BCUT2D eigenvalue weighted by Crippen LogP contribution is -2.38. The van der Waals surface area contributed by atoms with Crippen molar-refractivity contribution in [2.24, 2.45) is 5.92 Å². The zero-order chi connectivity index (χ0) is 16.2. The van der Waals surface area contributed by atoms with E-state index in [4.69, 9.17) is 4.74 Å². The summed E-state index contributed by atoms with van der Waals surface area (Å²) >= 11 is 0. The summed E-state index contributed by atoms with van der Waals surface area (Å²) in [6.45, 7) is 1.07. The minimum absolute atomic E-state index is 0.0440. The molecule has 0 bridgehead atoms. The van der Waals surface area contributed by atoms with Gasteiger partial charge in [0.1, 0.15) is 5.75 Å². The van der Waals surface area contributed by atoms with Crippen LogP contribution in [0.5, 0.6) is 5.75 Å². The second-order valence-electron chi connectivity index (χ2n) is 6.51. The number of carbonyl (C=O) groups is 2. The fraction of sp³-hybridized carbons (Fsp3) is 0.556. The first kappa shape index (κ1) is 15.8. The van der Waals surface area contributed by atoms with Crippen molar-refractivity contribution in [1.29, 1.82) is 0 Å². The second kappa shape index (κ2) is 7.02. The number of hydrogen-bond donors (Lipinski definition) is 1. The molecule has 1 N–H and O–H groups in total. The fourth-order valence-electron chi connectivity index (χ4n) is 3.44. The maximum atomic E-state index is 12.3. The first-order chi connectivity index (χ1) is 11.2. The van der Waals surface area contributed by atoms with Crippen LogP contribution >= 0.6 is 0 Å². The van der Waals surface area contributed by atoms with Gasteiger partial charge in [0, 0.05) is 25.6 Å². The Bertz CT molecular complexity index is 564. The molecule has 1 aromatic rings. The molecule has 1 aromatic carbocycles. The summed E-state index contributed by atoms with van der Waals surface area (Å²) in [6, 6.07) is 8.00. The van der Waals surface area contributed by atoms with Crippen LogP contribution in [0.1, 0.15) is 37.7 Å². The normalized spacial score (nSPS) is 21.7. The Labute approximate surface area is 137 Å². The molecule has 3 rings (SSSR count). The molecule has 2 amide bonds. The quantitative estimate of drug-likeness (QED) is 0.905. The van der Waals surface area contributed by atoms with E-state index in [1.807, 2.05) is 24.3 Å². The predicted octanol–water partition coefficient (Wildman–Crippen LogP) is 2.10. The van der Waals surface area contributed by atoms with E-state index in [1.165, 1.54) is 12.8 Å². The van der Waals surface area contributed by atoms with Gasteiger partial charge in [-0.1, -0.05) is 25.0 Å². The predicted molar refractivity (Wildman–Crippen MR) is 86.9 cm³/mol. The molecule has 1 unspecified atom stereocenters. The maximum absolute atomic E-state index is 12.3. The minimum atomic E-state index is -0.207. The lowest BCUT2D eigenvalue weighted by molar-refractivity contribution is -0.129. The molecule has 23 heavy (non-hydrogen) atoms. The van der Waals surface area contributed by atoms with Crippen LogP contribution in [0.15, 0.2) is 24.3 Å². The van der Waals surface area contributed by atoms with E-state index >= 15 is 0 Å². The molecule has 1 saturated carbocycles. The average Bonchev–Trinajstić information content (AvgIpc) is 3.18. The molecular formula is C18H24N2O3. The third-order valence-corrected chi connectivity index (χ3v) is 4.82. The zero-order valence-corrected chi connectivity index (χ0v) is 13.6. The molecule has 1 saturated heterocycles. The van der Waals surface area contributed by atoms with Gasteiger partial charge in [-0.2, -0.15) is 0 Å². The van der Waals surface area contributed by atoms with Crippen LogP contribution in [-0.4, -0.2) is 36.4 Å². The van der Waals surface area contributed by atoms with Crippen LogP contribution in [0.25, 0.3) is 0 Å². The van der Waals surface area contributed by atoms with Gasteiger partial charge in [-0.25, -0.2) is 0 Å². The highest BCUT2D eigenvalue weighted by molar-refractivity contribution is 5.89. The Morgan fingerprint density at radius 1 is 1.26 bits per heavy atom. The molecule has 1 aliphatic heterocycles. The summed E-state index contributed by atoms with van der Waals surface area (Å²) in [5.74, 6) is 0.700. The molecule has 1 heterocycles. The van der Waals surface area contributed by atoms with Crippen molar-refractivity contribution in [3.8, 4) is 5.75 Å². The molecular weight excluding hydrogens is 292 g/mol. The van der Waals surface area contributed by atoms with Gasteiger partial charge in [-0.3, -0.25) is 9.59 Å². The number of amides is 2. The summed E-state index contributed by atoms with van der Waals surface area (Å²) in [4.78, 5) is 26.3. The number of rotatable bonds is 5. The number of hydrogen-bond acceptors (Lipinski definition) is 3. The Balaban J connectivity index is 1.54. The standard InChI is InChI=1S/C18H24N2O3/c1-23-16-8-6-13(7-9-16)11-20-12-14(10-17(20)21)18(22)19-15-4-2-3-5-15/h6-9,14-15H,2-5,10-12H2,1H3,(H,19,22). The Hall–Kier alpha value is -2.04. The van der Waals surface area contributed by atoms with Crippen LogP contribution < -0.4 is 10.1 Å². The molecule has 5 nitrogen and oxygen atoms in total. The lowest BCUT2D eigenvalue weighted by Gasteiger charge is -2.18. The number of likely N-dealkylation sites (tertiary alicyclic amines) is 1. The van der Waals surface area contributed by atoms with Gasteiger partial charge < -0.3 is 15.0 Å². The zero-order valence-electron chi connectivity index (χ0n) is 13.6. The summed E-state index contributed by atoms with van der Waals surface area (Å²) in [7, 11) is 1.63. The lowest BCUT2D eigenvalue weighted by atomic mass is 10.1. The van der Waals surface area contributed by atoms with Crippen molar-refractivity contribution in [3.63, 3.8) is 0 Å². The number of methoxy groups -OCH3 is 1. The van der Waals surface area contributed by atoms with Gasteiger partial charge in [0.25, 0.3) is 0 Å². The van der Waals surface area contributed by atoms with E-state index in [9.17, 15) is 9.59 Å². The number of benzene rings is 1. The summed E-state index contributed by atoms with van der Waals surface area (Å²) < 4.78 is 5.14. The van der Waals surface area contributed by atoms with Crippen molar-refractivity contribution in [2.75, 3.05) is 13.7 Å². The van der Waals surface area contributed by atoms with E-state index < -0.39 is 0 Å². The SMILES string of the molecule is COc1ccc(CN2CC(C(=O)NC3CCCC3)CC2=O)cc1. The summed E-state index contributed by atoms with van der Waals surface area (Å²) in [6.07, 6.45) is 4.86. The molecule has 5 heteroatoms. The third kappa shape index (κ3) is 3.84. The Morgan fingerprint density at radius 2 is 1.96 bits per heavy atom. The van der Waals surface area contributed by atoms with Gasteiger partial charge in [-0.15, -0.1) is 0 Å². The highest BCUT2D eigenvalue weighted by Crippen LogP contribution is 2.23. The number of carbonyl (C=O) groups excluding carboxylic acids is 2. The van der Waals surface area contributed by atoms with Crippen molar-refractivity contribution in [1.82, 2.24) is 10.2 Å². The van der Waals surface area contributed by atoms with E-state index in [0.29, 0.717) is 25.6 Å². The monoisotopic (exact) mass is 316 g/mol. The molecule has 2 fully saturated rings. The van der Waals surface area contributed by atoms with E-state index in [0.717, 1.165) is 24.2 Å². The van der Waals surface area contributed by atoms with Crippen LogP contribution in [0.4, 0.5) is 0 Å². The molecule has 1 atom stereocenters. The van der Waals surface area contributed by atoms with Crippen LogP contribution in [0.2, 0.25) is 0 Å². The molecule has 124 valence electrons. The van der Waals surface area contributed by atoms with Gasteiger partial charge >= 0.3 is 0 Å². The van der Waals surface area contributed by atoms with Gasteiger partial charge in [0.2, 0.25) is 11.8 Å². The third-order valence-electron chi connectivity index (χ3n) is 4.82. The van der Waals surface area contributed by atoms with Crippen LogP contribution in [0.3, 0.4) is 0 Å². The van der Waals surface area contributed by atoms with Crippen molar-refractivity contribution in [2.45, 2.75) is 44.7 Å². The molecule has 1 aliphatic carbocycles.